The Kier molecular flexibility index (Phi) is 10.5. The van der Waals surface area contributed by atoms with Gasteiger partial charge in [-0.3, -0.25) is 24.2 Å². The molecule has 0 aliphatic carbocycles. The minimum atomic E-state index is -0.826. The lowest BCUT2D eigenvalue weighted by Gasteiger charge is -2.31. The molecule has 3 heterocycles. The van der Waals surface area contributed by atoms with Crippen LogP contribution >= 0.6 is 0 Å². The number of likely N-dealkylation sites (tertiary alicyclic amines) is 1. The van der Waals surface area contributed by atoms with Crippen LogP contribution in [0.25, 0.3) is 0 Å². The molecule has 0 radical (unpaired) electrons. The molecule has 2 atom stereocenters. The number of aromatic nitrogens is 2. The van der Waals surface area contributed by atoms with Gasteiger partial charge in [-0.25, -0.2) is 13.8 Å². The Labute approximate surface area is 244 Å². The molecule has 226 valence electrons. The van der Waals surface area contributed by atoms with Gasteiger partial charge in [-0.05, 0) is 43.2 Å². The van der Waals surface area contributed by atoms with Crippen molar-refractivity contribution in [2.24, 2.45) is 5.92 Å². The van der Waals surface area contributed by atoms with E-state index in [1.807, 2.05) is 13.8 Å². The lowest BCUT2D eigenvalue weighted by Crippen LogP contribution is -2.47. The van der Waals surface area contributed by atoms with Gasteiger partial charge in [-0.1, -0.05) is 19.9 Å². The van der Waals surface area contributed by atoms with Crippen LogP contribution in [-0.2, 0) is 20.8 Å². The third kappa shape index (κ3) is 7.86. The molecule has 2 aliphatic rings. The van der Waals surface area contributed by atoms with Crippen molar-refractivity contribution in [3.8, 4) is 0 Å². The normalized spacial score (nSPS) is 20.3. The van der Waals surface area contributed by atoms with Gasteiger partial charge in [-0.2, -0.15) is 0 Å². The van der Waals surface area contributed by atoms with E-state index in [4.69, 9.17) is 0 Å². The van der Waals surface area contributed by atoms with Crippen molar-refractivity contribution in [3.05, 3.63) is 59.7 Å². The maximum atomic E-state index is 14.4. The molecule has 0 spiro atoms. The number of benzene rings is 1. The Morgan fingerprint density at radius 2 is 1.81 bits per heavy atom. The van der Waals surface area contributed by atoms with E-state index in [9.17, 15) is 28.0 Å². The molecule has 1 aromatic carbocycles. The number of amides is 4. The first-order valence-corrected chi connectivity index (χ1v) is 14.5. The highest BCUT2D eigenvalue weighted by atomic mass is 19.1. The Morgan fingerprint density at radius 3 is 2.52 bits per heavy atom. The average molecular weight is 585 g/mol. The summed E-state index contributed by atoms with van der Waals surface area (Å²) in [5.74, 6) is -2.61. The molecule has 2 aliphatic heterocycles. The van der Waals surface area contributed by atoms with E-state index in [1.165, 1.54) is 29.6 Å². The van der Waals surface area contributed by atoms with Crippen molar-refractivity contribution < 1.29 is 28.0 Å². The van der Waals surface area contributed by atoms with Gasteiger partial charge in [-0.15, -0.1) is 0 Å². The van der Waals surface area contributed by atoms with Crippen LogP contribution in [0, 0.1) is 17.6 Å². The summed E-state index contributed by atoms with van der Waals surface area (Å²) in [7, 11) is 0. The lowest BCUT2D eigenvalue weighted by molar-refractivity contribution is -0.138. The van der Waals surface area contributed by atoms with Gasteiger partial charge in [0.05, 0.1) is 18.7 Å². The summed E-state index contributed by atoms with van der Waals surface area (Å²) in [6.45, 7) is 5.54. The fraction of sp³-hybridized carbons (Fsp3) is 0.533. The molecule has 2 bridgehead atoms. The first kappa shape index (κ1) is 31.0. The molecule has 42 heavy (non-hydrogen) atoms. The Balaban J connectivity index is 1.56. The summed E-state index contributed by atoms with van der Waals surface area (Å²) in [6.07, 6.45) is 6.34. The quantitative estimate of drug-likeness (QED) is 0.578. The van der Waals surface area contributed by atoms with Gasteiger partial charge in [0.15, 0.2) is 0 Å². The Morgan fingerprint density at radius 1 is 1.02 bits per heavy atom. The molecule has 2 aromatic rings. The zero-order valence-electron chi connectivity index (χ0n) is 24.1. The first-order valence-electron chi connectivity index (χ1n) is 14.5. The van der Waals surface area contributed by atoms with Crippen LogP contribution < -0.4 is 5.32 Å². The fourth-order valence-electron chi connectivity index (χ4n) is 5.55. The van der Waals surface area contributed by atoms with Crippen molar-refractivity contribution in [2.45, 2.75) is 64.5 Å². The van der Waals surface area contributed by atoms with Gasteiger partial charge in [0.25, 0.3) is 5.91 Å². The fourth-order valence-corrected chi connectivity index (χ4v) is 5.55. The number of halogens is 2. The van der Waals surface area contributed by atoms with E-state index in [2.05, 4.69) is 15.3 Å². The highest BCUT2D eigenvalue weighted by Gasteiger charge is 2.43. The largest absolute Gasteiger partial charge is 0.354 e. The molecule has 1 aromatic heterocycles. The van der Waals surface area contributed by atoms with E-state index >= 15 is 0 Å². The van der Waals surface area contributed by atoms with Crippen LogP contribution in [0.1, 0.15) is 62.0 Å². The molecular formula is C30H38F2N6O4. The van der Waals surface area contributed by atoms with Crippen molar-refractivity contribution >= 4 is 23.6 Å². The van der Waals surface area contributed by atoms with E-state index < -0.39 is 29.6 Å². The number of hydrogen-bond acceptors (Lipinski definition) is 6. The number of nitrogens with one attached hydrogen (secondary N) is 1. The summed E-state index contributed by atoms with van der Waals surface area (Å²) in [6, 6.07) is 1.80. The molecule has 2 saturated heterocycles. The third-order valence-electron chi connectivity index (χ3n) is 7.65. The molecule has 4 rings (SSSR count). The molecule has 10 nitrogen and oxygen atoms in total. The first-order chi connectivity index (χ1) is 20.1. The summed E-state index contributed by atoms with van der Waals surface area (Å²) in [4.78, 5) is 66.3. The summed E-state index contributed by atoms with van der Waals surface area (Å²) < 4.78 is 27.8. The number of carbonyl (C=O) groups excluding carboxylic acids is 4. The molecule has 0 unspecified atom stereocenters. The van der Waals surface area contributed by atoms with Gasteiger partial charge in [0.1, 0.15) is 23.4 Å². The van der Waals surface area contributed by atoms with Gasteiger partial charge in [0.2, 0.25) is 17.7 Å². The molecule has 0 saturated carbocycles. The van der Waals surface area contributed by atoms with Crippen molar-refractivity contribution in [2.75, 3.05) is 32.7 Å². The number of fused-ring (bicyclic) bond motifs is 2. The molecule has 12 heteroatoms. The molecular weight excluding hydrogens is 546 g/mol. The second-order valence-electron chi connectivity index (χ2n) is 11.3. The van der Waals surface area contributed by atoms with Crippen LogP contribution in [0.2, 0.25) is 0 Å². The molecule has 1 N–H and O–H groups in total. The van der Waals surface area contributed by atoms with Crippen LogP contribution in [-0.4, -0.2) is 93.1 Å². The standard InChI is InChI=1S/C30H38F2N6O4/c1-20(2)14-27(39)37-13-5-12-36(30(42)25-18-33-9-10-34-25)11-4-3-8-35-29(41)26-17-23(37)19-38(26)28(40)15-21-6-7-22(31)16-24(21)32/h6-7,9-10,16,18,20,23,26H,3-5,8,11-15,17,19H2,1-2H3,(H,35,41)/t23-,26-/m0/s1. The Hall–Kier alpha value is -3.96. The monoisotopic (exact) mass is 584 g/mol. The number of nitrogens with zero attached hydrogens (tertiary/aromatic N) is 5. The summed E-state index contributed by atoms with van der Waals surface area (Å²) in [5, 5.41) is 2.90. The third-order valence-corrected chi connectivity index (χ3v) is 7.65. The van der Waals surface area contributed by atoms with E-state index in [0.29, 0.717) is 51.9 Å². The zero-order valence-corrected chi connectivity index (χ0v) is 24.1. The maximum absolute atomic E-state index is 14.4. The lowest BCUT2D eigenvalue weighted by atomic mass is 10.1. The minimum Gasteiger partial charge on any atom is -0.354 e. The minimum absolute atomic E-state index is 0.0375. The second-order valence-corrected chi connectivity index (χ2v) is 11.3. The van der Waals surface area contributed by atoms with Gasteiger partial charge < -0.3 is 20.0 Å². The number of hydrogen-bond donors (Lipinski definition) is 1. The maximum Gasteiger partial charge on any atom is 0.274 e. The van der Waals surface area contributed by atoms with Crippen molar-refractivity contribution in [1.82, 2.24) is 30.0 Å². The predicted octanol–water partition coefficient (Wildman–Crippen LogP) is 2.58. The number of rotatable bonds is 5. The molecule has 2 fully saturated rings. The van der Waals surface area contributed by atoms with Crippen molar-refractivity contribution in [3.63, 3.8) is 0 Å². The smallest absolute Gasteiger partial charge is 0.274 e. The average Bonchev–Trinajstić information content (AvgIpc) is 3.40. The molecule has 4 amide bonds. The van der Waals surface area contributed by atoms with Gasteiger partial charge in [0, 0.05) is 57.6 Å². The Bertz CT molecular complexity index is 1280. The van der Waals surface area contributed by atoms with E-state index in [-0.39, 0.29) is 54.3 Å². The summed E-state index contributed by atoms with van der Waals surface area (Å²) in [5.41, 5.74) is 0.278. The second kappa shape index (κ2) is 14.3. The SMILES string of the molecule is CC(C)CC(=O)N1CCCN(C(=O)c2cnccn2)CCCCNC(=O)[C@@H]2C[C@H]1CN2C(=O)Cc1ccc(F)cc1F. The van der Waals surface area contributed by atoms with Crippen LogP contribution in [0.15, 0.2) is 36.8 Å². The highest BCUT2D eigenvalue weighted by molar-refractivity contribution is 5.92. The van der Waals surface area contributed by atoms with Crippen LogP contribution in [0.3, 0.4) is 0 Å². The van der Waals surface area contributed by atoms with Crippen LogP contribution in [0.5, 0.6) is 0 Å². The van der Waals surface area contributed by atoms with Crippen molar-refractivity contribution in [1.29, 1.82) is 0 Å². The van der Waals surface area contributed by atoms with E-state index in [1.54, 1.807) is 9.80 Å². The zero-order chi connectivity index (χ0) is 30.2. The highest BCUT2D eigenvalue weighted by Crippen LogP contribution is 2.26. The van der Waals surface area contributed by atoms with E-state index in [0.717, 1.165) is 12.1 Å². The van der Waals surface area contributed by atoms with Crippen LogP contribution in [0.4, 0.5) is 8.78 Å². The predicted molar refractivity (Wildman–Crippen MR) is 150 cm³/mol. The van der Waals surface area contributed by atoms with Gasteiger partial charge >= 0.3 is 0 Å². The number of carbonyl (C=O) groups is 4. The summed E-state index contributed by atoms with van der Waals surface area (Å²) >= 11 is 0. The topological polar surface area (TPSA) is 116 Å².